The van der Waals surface area contributed by atoms with Gasteiger partial charge >= 0.3 is 0 Å². The molecule has 1 heterocycles. The van der Waals surface area contributed by atoms with Crippen molar-refractivity contribution in [2.75, 3.05) is 11.6 Å². The number of benzene rings is 3. The number of nitrogens with two attached hydrogens (primary N) is 1. The number of nitrogens with one attached hydrogen (secondary N) is 1. The molecule has 0 aromatic heterocycles. The normalized spacial score (nSPS) is 14.4. The average molecular weight is 493 g/mol. The van der Waals surface area contributed by atoms with Gasteiger partial charge in [-0.2, -0.15) is 0 Å². The van der Waals surface area contributed by atoms with Crippen LogP contribution in [0.2, 0.25) is 0 Å². The van der Waals surface area contributed by atoms with Gasteiger partial charge in [-0.1, -0.05) is 74.7 Å². The zero-order valence-corrected chi connectivity index (χ0v) is 20.2. The Morgan fingerprint density at radius 2 is 1.64 bits per heavy atom. The highest BCUT2D eigenvalue weighted by atomic mass is 19.1. The van der Waals surface area contributed by atoms with Crippen molar-refractivity contribution in [1.82, 2.24) is 5.32 Å². The first kappa shape index (κ1) is 25.3. The van der Waals surface area contributed by atoms with Crippen molar-refractivity contribution in [2.24, 2.45) is 10.8 Å². The standard InChI is InChI=1S/C28H30F2N4O2/c1-2-3-4-9-17-36-19-20-11-10-12-21(18-20)34-28(32-27(33-34)26(31)35,22-13-5-7-15-24(22)29)23-14-6-8-16-25(23)30/h5-8,10-16,18H,2-4,9,17,19H2,1H3,(H2,31,35)(H,32,33). The van der Waals surface area contributed by atoms with Crippen molar-refractivity contribution in [3.63, 3.8) is 0 Å². The molecule has 3 aromatic rings. The maximum Gasteiger partial charge on any atom is 0.286 e. The first-order valence-corrected chi connectivity index (χ1v) is 12.1. The third-order valence-corrected chi connectivity index (χ3v) is 6.14. The van der Waals surface area contributed by atoms with Crippen LogP contribution in [-0.2, 0) is 21.8 Å². The summed E-state index contributed by atoms with van der Waals surface area (Å²) in [5.74, 6) is -2.24. The molecule has 0 unspecified atom stereocenters. The fraction of sp³-hybridized carbons (Fsp3) is 0.286. The summed E-state index contributed by atoms with van der Waals surface area (Å²) in [5.41, 5.74) is 5.43. The van der Waals surface area contributed by atoms with Crippen LogP contribution in [0.4, 0.5) is 14.5 Å². The minimum atomic E-state index is -1.69. The Balaban J connectivity index is 1.77. The highest BCUT2D eigenvalue weighted by Crippen LogP contribution is 2.42. The molecular weight excluding hydrogens is 462 g/mol. The minimum Gasteiger partial charge on any atom is -0.377 e. The van der Waals surface area contributed by atoms with Crippen molar-refractivity contribution in [3.8, 4) is 0 Å². The van der Waals surface area contributed by atoms with Gasteiger partial charge in [-0.25, -0.2) is 13.8 Å². The summed E-state index contributed by atoms with van der Waals surface area (Å²) in [6, 6.07) is 19.3. The third-order valence-electron chi connectivity index (χ3n) is 6.14. The Morgan fingerprint density at radius 1 is 0.972 bits per heavy atom. The molecule has 0 spiro atoms. The smallest absolute Gasteiger partial charge is 0.286 e. The predicted molar refractivity (Wildman–Crippen MR) is 136 cm³/mol. The van der Waals surface area contributed by atoms with E-state index < -0.39 is 23.2 Å². The fourth-order valence-electron chi connectivity index (χ4n) is 4.40. The number of rotatable bonds is 11. The summed E-state index contributed by atoms with van der Waals surface area (Å²) in [6.07, 6.45) is 4.44. The van der Waals surface area contributed by atoms with Gasteiger partial charge < -0.3 is 15.8 Å². The zero-order chi connectivity index (χ0) is 25.5. The maximum atomic E-state index is 15.3. The van der Waals surface area contributed by atoms with Crippen LogP contribution in [0.1, 0.15) is 49.3 Å². The van der Waals surface area contributed by atoms with Crippen LogP contribution in [0.25, 0.3) is 0 Å². The van der Waals surface area contributed by atoms with Gasteiger partial charge in [-0.15, -0.1) is 5.10 Å². The lowest BCUT2D eigenvalue weighted by atomic mass is 9.89. The molecule has 1 amide bonds. The van der Waals surface area contributed by atoms with Crippen molar-refractivity contribution in [2.45, 2.75) is 44.9 Å². The molecule has 0 bridgehead atoms. The molecule has 3 N–H and O–H groups in total. The van der Waals surface area contributed by atoms with E-state index in [9.17, 15) is 4.79 Å². The zero-order valence-electron chi connectivity index (χ0n) is 20.2. The van der Waals surface area contributed by atoms with E-state index in [2.05, 4.69) is 17.3 Å². The van der Waals surface area contributed by atoms with Gasteiger partial charge in [0.05, 0.1) is 12.3 Å². The highest BCUT2D eigenvalue weighted by Gasteiger charge is 2.50. The second-order valence-corrected chi connectivity index (χ2v) is 8.70. The van der Waals surface area contributed by atoms with E-state index in [1.54, 1.807) is 30.3 Å². The molecule has 1 aliphatic rings. The molecule has 0 aliphatic carbocycles. The van der Waals surface area contributed by atoms with E-state index >= 15 is 8.78 Å². The summed E-state index contributed by atoms with van der Waals surface area (Å²) in [7, 11) is 0. The van der Waals surface area contributed by atoms with Crippen LogP contribution in [0, 0.1) is 11.6 Å². The summed E-state index contributed by atoms with van der Waals surface area (Å²) < 4.78 is 36.5. The third kappa shape index (κ3) is 5.09. The Morgan fingerprint density at radius 3 is 2.25 bits per heavy atom. The number of carbonyl (C=O) groups excluding carboxylic acids is 1. The Kier molecular flexibility index (Phi) is 7.95. The molecule has 0 saturated heterocycles. The Hall–Kier alpha value is -3.78. The maximum absolute atomic E-state index is 15.3. The molecule has 6 nitrogen and oxygen atoms in total. The number of hydrogen-bond donors (Lipinski definition) is 2. The van der Waals surface area contributed by atoms with Gasteiger partial charge in [0.1, 0.15) is 11.6 Å². The van der Waals surface area contributed by atoms with Crippen molar-refractivity contribution < 1.29 is 18.3 Å². The molecule has 0 atom stereocenters. The number of anilines is 1. The number of unbranched alkanes of at least 4 members (excludes halogenated alkanes) is 3. The van der Waals surface area contributed by atoms with E-state index in [1.165, 1.54) is 35.7 Å². The molecule has 188 valence electrons. The summed E-state index contributed by atoms with van der Waals surface area (Å²) in [4.78, 5) is 12.2. The molecular formula is C28H30F2N4O2. The quantitative estimate of drug-likeness (QED) is 0.362. The topological polar surface area (TPSA) is 79.9 Å². The molecule has 0 radical (unpaired) electrons. The first-order chi connectivity index (χ1) is 17.5. The summed E-state index contributed by atoms with van der Waals surface area (Å²) >= 11 is 0. The van der Waals surface area contributed by atoms with E-state index in [1.807, 2.05) is 18.2 Å². The fourth-order valence-corrected chi connectivity index (χ4v) is 4.40. The lowest BCUT2D eigenvalue weighted by molar-refractivity contribution is -0.112. The predicted octanol–water partition coefficient (Wildman–Crippen LogP) is 5.17. The number of primary amides is 1. The summed E-state index contributed by atoms with van der Waals surface area (Å²) in [5, 5.41) is 8.77. The largest absolute Gasteiger partial charge is 0.377 e. The first-order valence-electron chi connectivity index (χ1n) is 12.1. The average Bonchev–Trinajstić information content (AvgIpc) is 3.29. The second kappa shape index (κ2) is 11.3. The molecule has 0 fully saturated rings. The molecule has 36 heavy (non-hydrogen) atoms. The Bertz CT molecular complexity index is 1200. The monoisotopic (exact) mass is 492 g/mol. The molecule has 4 rings (SSSR count). The van der Waals surface area contributed by atoms with Gasteiger partial charge in [-0.05, 0) is 36.2 Å². The second-order valence-electron chi connectivity index (χ2n) is 8.70. The molecule has 3 aromatic carbocycles. The number of carbonyl (C=O) groups is 1. The minimum absolute atomic E-state index is 0.0904. The number of hydrogen-bond acceptors (Lipinski definition) is 5. The van der Waals surface area contributed by atoms with Gasteiger partial charge in [-0.3, -0.25) is 4.79 Å². The number of ether oxygens (including phenoxy) is 1. The van der Waals surface area contributed by atoms with Crippen LogP contribution >= 0.6 is 0 Å². The van der Waals surface area contributed by atoms with Gasteiger partial charge in [0, 0.05) is 17.7 Å². The Labute approximate surface area is 209 Å². The van der Waals surface area contributed by atoms with Crippen molar-refractivity contribution in [1.29, 1.82) is 0 Å². The van der Waals surface area contributed by atoms with Crippen LogP contribution in [0.5, 0.6) is 0 Å². The van der Waals surface area contributed by atoms with Gasteiger partial charge in [0.2, 0.25) is 5.84 Å². The van der Waals surface area contributed by atoms with Gasteiger partial charge in [0.15, 0.2) is 5.66 Å². The van der Waals surface area contributed by atoms with Crippen LogP contribution in [0.15, 0.2) is 77.9 Å². The van der Waals surface area contributed by atoms with Crippen LogP contribution < -0.4 is 16.1 Å². The lowest BCUT2D eigenvalue weighted by Gasteiger charge is -2.39. The number of nitrogens with zero attached hydrogens (tertiary/aromatic N) is 2. The number of hydrazone groups is 1. The number of amidine groups is 1. The lowest BCUT2D eigenvalue weighted by Crippen LogP contribution is -2.54. The van der Waals surface area contributed by atoms with Crippen molar-refractivity contribution in [3.05, 3.63) is 101 Å². The van der Waals surface area contributed by atoms with Crippen LogP contribution in [-0.4, -0.2) is 18.3 Å². The molecule has 0 saturated carbocycles. The van der Waals surface area contributed by atoms with E-state index in [4.69, 9.17) is 10.5 Å². The van der Waals surface area contributed by atoms with Crippen LogP contribution in [0.3, 0.4) is 0 Å². The van der Waals surface area contributed by atoms with Gasteiger partial charge in [0.25, 0.3) is 5.91 Å². The number of halogens is 2. The highest BCUT2D eigenvalue weighted by molar-refractivity contribution is 6.38. The van der Waals surface area contributed by atoms with E-state index in [0.29, 0.717) is 18.9 Å². The van der Waals surface area contributed by atoms with E-state index in [-0.39, 0.29) is 17.0 Å². The molecule has 1 aliphatic heterocycles. The summed E-state index contributed by atoms with van der Waals surface area (Å²) in [6.45, 7) is 3.18. The SMILES string of the molecule is CCCCCCOCc1cccc(N2N=C(C(N)=O)NC2(c2ccccc2F)c2ccccc2F)c1. The molecule has 8 heteroatoms. The number of amides is 1. The van der Waals surface area contributed by atoms with E-state index in [0.717, 1.165) is 24.8 Å². The van der Waals surface area contributed by atoms with Crippen molar-refractivity contribution >= 4 is 17.4 Å².